The van der Waals surface area contributed by atoms with E-state index < -0.39 is 17.8 Å². The number of carboxylic acid groups (broad SMARTS) is 1. The van der Waals surface area contributed by atoms with Gasteiger partial charge in [-0.3, -0.25) is 0 Å². The fourth-order valence-electron chi connectivity index (χ4n) is 3.46. The average molecular weight is 378 g/mol. The van der Waals surface area contributed by atoms with E-state index >= 15 is 0 Å². The van der Waals surface area contributed by atoms with E-state index in [1.54, 1.807) is 6.07 Å². The summed E-state index contributed by atoms with van der Waals surface area (Å²) in [6.07, 6.45) is -4.03. The van der Waals surface area contributed by atoms with Crippen molar-refractivity contribution in [3.8, 4) is 0 Å². The third-order valence-electron chi connectivity index (χ3n) is 4.87. The summed E-state index contributed by atoms with van der Waals surface area (Å²) >= 11 is 0. The summed E-state index contributed by atoms with van der Waals surface area (Å²) in [7, 11) is 0. The van der Waals surface area contributed by atoms with E-state index in [0.717, 1.165) is 11.8 Å². The Hall–Kier alpha value is -2.70. The van der Waals surface area contributed by atoms with E-state index in [9.17, 15) is 18.0 Å². The third kappa shape index (κ3) is 4.72. The lowest BCUT2D eigenvalue weighted by molar-refractivity contribution is -0.137. The molecule has 1 aliphatic heterocycles. The van der Waals surface area contributed by atoms with Gasteiger partial charge in [0.1, 0.15) is 0 Å². The number of anilines is 1. The Balaban J connectivity index is 1.83. The van der Waals surface area contributed by atoms with Gasteiger partial charge in [-0.2, -0.15) is 13.2 Å². The first kappa shape index (κ1) is 19.1. The van der Waals surface area contributed by atoms with Gasteiger partial charge in [0.25, 0.3) is 0 Å². The Kier molecular flexibility index (Phi) is 5.58. The molecule has 0 spiro atoms. The number of para-hydroxylation sites is 1. The number of hydrogen-bond donors (Lipinski definition) is 1. The molecule has 3 rings (SSSR count). The molecule has 0 aliphatic carbocycles. The molecule has 2 aromatic rings. The molecule has 7 heteroatoms. The number of likely N-dealkylation sites (tertiary alicyclic amines) is 1. The minimum Gasteiger partial charge on any atom is -0.465 e. The predicted octanol–water partition coefficient (Wildman–Crippen LogP) is 4.85. The van der Waals surface area contributed by atoms with Crippen LogP contribution in [0.4, 0.5) is 23.7 Å². The highest BCUT2D eigenvalue weighted by Gasteiger charge is 2.31. The van der Waals surface area contributed by atoms with Crippen molar-refractivity contribution >= 4 is 11.8 Å². The minimum atomic E-state index is -4.37. The summed E-state index contributed by atoms with van der Waals surface area (Å²) in [4.78, 5) is 14.6. The van der Waals surface area contributed by atoms with Gasteiger partial charge in [0.15, 0.2) is 0 Å². The fraction of sp³-hybridized carbons (Fsp3) is 0.350. The molecule has 4 nitrogen and oxygen atoms in total. The molecule has 1 heterocycles. The van der Waals surface area contributed by atoms with Crippen molar-refractivity contribution in [2.24, 2.45) is 0 Å². The molecule has 1 aliphatic rings. The Morgan fingerprint density at radius 3 is 2.33 bits per heavy atom. The predicted molar refractivity (Wildman–Crippen MR) is 96.7 cm³/mol. The van der Waals surface area contributed by atoms with Crippen LogP contribution in [0.1, 0.15) is 24.0 Å². The number of hydrogen-bond acceptors (Lipinski definition) is 2. The van der Waals surface area contributed by atoms with Crippen molar-refractivity contribution in [1.82, 2.24) is 4.90 Å². The standard InChI is InChI=1S/C20H21F3N2O2/c21-20(22,23)16-6-4-5-15(13-16)14-25(17-7-2-1-3-8-17)18-9-11-24(12-10-18)19(26)27/h1-8,13,18H,9-12,14H2,(H,26,27). The van der Waals surface area contributed by atoms with Gasteiger partial charge >= 0.3 is 12.3 Å². The topological polar surface area (TPSA) is 43.8 Å². The molecule has 0 bridgehead atoms. The first-order valence-electron chi connectivity index (χ1n) is 8.80. The van der Waals surface area contributed by atoms with Gasteiger partial charge in [-0.25, -0.2) is 4.79 Å². The molecule has 144 valence electrons. The van der Waals surface area contributed by atoms with Gasteiger partial charge in [0.05, 0.1) is 5.56 Å². The molecule has 1 fully saturated rings. The second-order valence-electron chi connectivity index (χ2n) is 6.66. The maximum atomic E-state index is 13.0. The number of alkyl halides is 3. The Morgan fingerprint density at radius 1 is 1.07 bits per heavy atom. The van der Waals surface area contributed by atoms with Gasteiger partial charge in [-0.15, -0.1) is 0 Å². The average Bonchev–Trinajstić information content (AvgIpc) is 2.66. The largest absolute Gasteiger partial charge is 0.465 e. The van der Waals surface area contributed by atoms with Crippen molar-refractivity contribution in [2.45, 2.75) is 31.6 Å². The van der Waals surface area contributed by atoms with Crippen LogP contribution in [0.15, 0.2) is 54.6 Å². The third-order valence-corrected chi connectivity index (χ3v) is 4.87. The van der Waals surface area contributed by atoms with Crippen LogP contribution in [0.2, 0.25) is 0 Å². The van der Waals surface area contributed by atoms with Crippen LogP contribution in [0, 0.1) is 0 Å². The zero-order valence-electron chi connectivity index (χ0n) is 14.7. The molecule has 27 heavy (non-hydrogen) atoms. The number of amides is 1. The van der Waals surface area contributed by atoms with E-state index in [0.29, 0.717) is 38.0 Å². The summed E-state index contributed by atoms with van der Waals surface area (Å²) in [6, 6.07) is 15.0. The SMILES string of the molecule is O=C(O)N1CCC(N(Cc2cccc(C(F)(F)F)c2)c2ccccc2)CC1. The Labute approximate surface area is 155 Å². The lowest BCUT2D eigenvalue weighted by atomic mass is 10.0. The number of rotatable bonds is 4. The molecule has 1 N–H and O–H groups in total. The van der Waals surface area contributed by atoms with Crippen LogP contribution in [-0.2, 0) is 12.7 Å². The van der Waals surface area contributed by atoms with Crippen LogP contribution < -0.4 is 4.90 Å². The van der Waals surface area contributed by atoms with Crippen molar-refractivity contribution in [1.29, 1.82) is 0 Å². The minimum absolute atomic E-state index is 0.0672. The van der Waals surface area contributed by atoms with Crippen LogP contribution in [0.25, 0.3) is 0 Å². The van der Waals surface area contributed by atoms with E-state index in [1.807, 2.05) is 30.3 Å². The Bertz CT molecular complexity index is 772. The molecule has 1 amide bonds. The zero-order chi connectivity index (χ0) is 19.4. The summed E-state index contributed by atoms with van der Waals surface area (Å²) in [5, 5.41) is 9.13. The zero-order valence-corrected chi connectivity index (χ0v) is 14.7. The number of piperidine rings is 1. The lowest BCUT2D eigenvalue weighted by Crippen LogP contribution is -2.46. The number of nitrogens with zero attached hydrogens (tertiary/aromatic N) is 2. The molecule has 0 radical (unpaired) electrons. The highest BCUT2D eigenvalue weighted by Crippen LogP contribution is 2.31. The van der Waals surface area contributed by atoms with Crippen molar-refractivity contribution in [3.63, 3.8) is 0 Å². The van der Waals surface area contributed by atoms with Crippen LogP contribution in [0.3, 0.4) is 0 Å². The smallest absolute Gasteiger partial charge is 0.416 e. The van der Waals surface area contributed by atoms with Crippen LogP contribution in [-0.4, -0.2) is 35.2 Å². The van der Waals surface area contributed by atoms with E-state index in [4.69, 9.17) is 5.11 Å². The molecule has 0 atom stereocenters. The summed E-state index contributed by atoms with van der Waals surface area (Å²) in [6.45, 7) is 1.18. The molecular weight excluding hydrogens is 357 g/mol. The molecular formula is C20H21F3N2O2. The summed E-state index contributed by atoms with van der Waals surface area (Å²) in [5.41, 5.74) is 0.840. The monoisotopic (exact) mass is 378 g/mol. The van der Waals surface area contributed by atoms with E-state index in [1.165, 1.54) is 17.0 Å². The maximum absolute atomic E-state index is 13.0. The van der Waals surface area contributed by atoms with Crippen molar-refractivity contribution in [2.75, 3.05) is 18.0 Å². The molecule has 1 saturated heterocycles. The van der Waals surface area contributed by atoms with Crippen molar-refractivity contribution in [3.05, 3.63) is 65.7 Å². The Morgan fingerprint density at radius 2 is 1.74 bits per heavy atom. The van der Waals surface area contributed by atoms with Gasteiger partial charge < -0.3 is 14.9 Å². The second-order valence-corrected chi connectivity index (χ2v) is 6.66. The highest BCUT2D eigenvalue weighted by atomic mass is 19.4. The van der Waals surface area contributed by atoms with Gasteiger partial charge in [0, 0.05) is 31.4 Å². The maximum Gasteiger partial charge on any atom is 0.416 e. The molecule has 0 saturated carbocycles. The van der Waals surface area contributed by atoms with Crippen LogP contribution in [0.5, 0.6) is 0 Å². The second kappa shape index (κ2) is 7.90. The number of halogens is 3. The highest BCUT2D eigenvalue weighted by molar-refractivity contribution is 5.65. The fourth-order valence-corrected chi connectivity index (χ4v) is 3.46. The quantitative estimate of drug-likeness (QED) is 0.827. The number of carbonyl (C=O) groups is 1. The first-order valence-corrected chi connectivity index (χ1v) is 8.80. The van der Waals surface area contributed by atoms with Crippen molar-refractivity contribution < 1.29 is 23.1 Å². The number of benzene rings is 2. The summed E-state index contributed by atoms with van der Waals surface area (Å²) in [5.74, 6) is 0. The van der Waals surface area contributed by atoms with E-state index in [2.05, 4.69) is 4.90 Å². The molecule has 0 aromatic heterocycles. The van der Waals surface area contributed by atoms with Crippen LogP contribution >= 0.6 is 0 Å². The summed E-state index contributed by atoms with van der Waals surface area (Å²) < 4.78 is 39.1. The molecule has 2 aromatic carbocycles. The van der Waals surface area contributed by atoms with Gasteiger partial charge in [0.2, 0.25) is 0 Å². The molecule has 0 unspecified atom stereocenters. The van der Waals surface area contributed by atoms with E-state index in [-0.39, 0.29) is 6.04 Å². The first-order chi connectivity index (χ1) is 12.8. The van der Waals surface area contributed by atoms with Gasteiger partial charge in [-0.05, 0) is 42.7 Å². The lowest BCUT2D eigenvalue weighted by Gasteiger charge is -2.39. The normalized spacial score (nSPS) is 15.6. The van der Waals surface area contributed by atoms with Gasteiger partial charge in [-0.1, -0.05) is 30.3 Å².